The Kier molecular flexibility index (Phi) is 4.45. The molecule has 0 atom stereocenters. The third kappa shape index (κ3) is 4.47. The van der Waals surface area contributed by atoms with E-state index in [-0.39, 0.29) is 18.8 Å². The van der Waals surface area contributed by atoms with Crippen LogP contribution in [0.15, 0.2) is 36.9 Å². The molecule has 3 nitrogen and oxygen atoms in total. The van der Waals surface area contributed by atoms with Crippen molar-refractivity contribution in [2.75, 3.05) is 19.3 Å². The maximum Gasteiger partial charge on any atom is 0.335 e. The highest BCUT2D eigenvalue weighted by Gasteiger charge is 2.24. The van der Waals surface area contributed by atoms with E-state index in [4.69, 9.17) is 11.8 Å². The lowest BCUT2D eigenvalue weighted by Crippen LogP contribution is -2.01. The predicted molar refractivity (Wildman–Crippen MR) is 71.2 cm³/mol. The van der Waals surface area contributed by atoms with E-state index in [1.807, 2.05) is 6.07 Å². The third-order valence-corrected chi connectivity index (χ3v) is 3.73. The fraction of sp³-hybridized carbons (Fsp3) is 0.385. The molecule has 0 fully saturated rings. The molecule has 0 spiro atoms. The molecule has 0 aromatic heterocycles. The second kappa shape index (κ2) is 6.75. The minimum absolute atomic E-state index is 0.0957. The van der Waals surface area contributed by atoms with Crippen LogP contribution in [0.3, 0.4) is 0 Å². The van der Waals surface area contributed by atoms with E-state index in [2.05, 4.69) is 6.58 Å². The summed E-state index contributed by atoms with van der Waals surface area (Å²) in [5.41, 5.74) is 0.672. The Balaban J connectivity index is 3.13. The summed E-state index contributed by atoms with van der Waals surface area (Å²) >= 11 is 0. The van der Waals surface area contributed by atoms with E-state index < -0.39 is 13.7 Å². The SMILES string of the molecule is [2H]C([2H])(C(=C)c1ccccc1)P(=O)(OCC)OCC. The van der Waals surface area contributed by atoms with E-state index in [1.165, 1.54) is 0 Å². The topological polar surface area (TPSA) is 35.5 Å². The van der Waals surface area contributed by atoms with Gasteiger partial charge in [-0.3, -0.25) is 4.57 Å². The van der Waals surface area contributed by atoms with Gasteiger partial charge in [0.05, 0.1) is 19.3 Å². The van der Waals surface area contributed by atoms with Crippen LogP contribution in [-0.4, -0.2) is 19.3 Å². The van der Waals surface area contributed by atoms with Crippen molar-refractivity contribution < 1.29 is 16.4 Å². The first kappa shape index (κ1) is 11.2. The van der Waals surface area contributed by atoms with Gasteiger partial charge in [0, 0.05) is 2.74 Å². The van der Waals surface area contributed by atoms with E-state index in [1.54, 1.807) is 38.1 Å². The lowest BCUT2D eigenvalue weighted by Gasteiger charge is -2.18. The fourth-order valence-electron chi connectivity index (χ4n) is 1.31. The van der Waals surface area contributed by atoms with Crippen LogP contribution in [0.4, 0.5) is 0 Å². The molecule has 0 amide bonds. The maximum atomic E-state index is 12.6. The number of rotatable bonds is 7. The molecule has 0 aliphatic heterocycles. The molecule has 1 aromatic carbocycles. The van der Waals surface area contributed by atoms with Crippen molar-refractivity contribution in [1.29, 1.82) is 0 Å². The van der Waals surface area contributed by atoms with Crippen LogP contribution in [-0.2, 0) is 13.6 Å². The Bertz CT molecular complexity index is 464. The molecule has 0 aliphatic rings. The molecular weight excluding hydrogens is 235 g/mol. The van der Waals surface area contributed by atoms with Gasteiger partial charge in [0.15, 0.2) is 0 Å². The summed E-state index contributed by atoms with van der Waals surface area (Å²) in [5, 5.41) is 0. The molecule has 0 saturated carbocycles. The summed E-state index contributed by atoms with van der Waals surface area (Å²) in [7, 11) is -3.91. The first-order valence-electron chi connectivity index (χ1n) is 6.53. The van der Waals surface area contributed by atoms with Gasteiger partial charge in [0.1, 0.15) is 0 Å². The van der Waals surface area contributed by atoms with Crippen LogP contribution < -0.4 is 0 Å². The molecule has 0 N–H and O–H groups in total. The normalized spacial score (nSPS) is 14.0. The first-order valence-corrected chi connectivity index (χ1v) is 7.07. The van der Waals surface area contributed by atoms with Crippen molar-refractivity contribution in [1.82, 2.24) is 0 Å². The fourth-order valence-corrected chi connectivity index (χ4v) is 2.65. The lowest BCUT2D eigenvalue weighted by atomic mass is 10.1. The summed E-state index contributed by atoms with van der Waals surface area (Å²) in [6.45, 7) is 7.23. The Morgan fingerprint density at radius 1 is 1.29 bits per heavy atom. The highest BCUT2D eigenvalue weighted by atomic mass is 31.2. The smallest absolute Gasteiger partial charge is 0.309 e. The highest BCUT2D eigenvalue weighted by Crippen LogP contribution is 2.50. The summed E-state index contributed by atoms with van der Waals surface area (Å²) in [6.07, 6.45) is -2.26. The molecule has 0 bridgehead atoms. The summed E-state index contributed by atoms with van der Waals surface area (Å²) in [6, 6.07) is 8.77. The van der Waals surface area contributed by atoms with Gasteiger partial charge >= 0.3 is 7.60 Å². The van der Waals surface area contributed by atoms with E-state index >= 15 is 0 Å². The van der Waals surface area contributed by atoms with Crippen molar-refractivity contribution in [3.63, 3.8) is 0 Å². The van der Waals surface area contributed by atoms with E-state index in [9.17, 15) is 4.57 Å². The summed E-state index contributed by atoms with van der Waals surface area (Å²) in [4.78, 5) is 0. The van der Waals surface area contributed by atoms with Crippen LogP contribution in [0.2, 0.25) is 0 Å². The lowest BCUT2D eigenvalue weighted by molar-refractivity contribution is 0.223. The highest BCUT2D eigenvalue weighted by molar-refractivity contribution is 7.54. The zero-order valence-corrected chi connectivity index (χ0v) is 11.1. The van der Waals surface area contributed by atoms with Crippen LogP contribution >= 0.6 is 7.60 Å². The van der Waals surface area contributed by atoms with Gasteiger partial charge in [-0.15, -0.1) is 0 Å². The minimum atomic E-state index is -3.91. The number of benzene rings is 1. The zero-order valence-electron chi connectivity index (χ0n) is 12.2. The van der Waals surface area contributed by atoms with Crippen LogP contribution in [0.5, 0.6) is 0 Å². The van der Waals surface area contributed by atoms with Gasteiger partial charge in [-0.2, -0.15) is 0 Å². The van der Waals surface area contributed by atoms with E-state index in [0.717, 1.165) is 0 Å². The number of hydrogen-bond acceptors (Lipinski definition) is 3. The average molecular weight is 256 g/mol. The van der Waals surface area contributed by atoms with Crippen LogP contribution in [0.1, 0.15) is 22.2 Å². The molecule has 17 heavy (non-hydrogen) atoms. The standard InChI is InChI=1S/C13H19O3P/c1-4-15-17(14,16-5-2)11-12(3)13-9-7-6-8-10-13/h6-10H,3-5,11H2,1-2H3/i11D2. The molecule has 1 aromatic rings. The van der Waals surface area contributed by atoms with Gasteiger partial charge < -0.3 is 9.05 Å². The van der Waals surface area contributed by atoms with Crippen molar-refractivity contribution in [2.24, 2.45) is 0 Å². The molecule has 0 heterocycles. The van der Waals surface area contributed by atoms with Gasteiger partial charge in [0.2, 0.25) is 0 Å². The number of hydrogen-bond donors (Lipinski definition) is 0. The quantitative estimate of drug-likeness (QED) is 0.692. The largest absolute Gasteiger partial charge is 0.335 e. The maximum absolute atomic E-state index is 12.6. The van der Waals surface area contributed by atoms with Crippen molar-refractivity contribution >= 4 is 13.2 Å². The molecule has 0 unspecified atom stereocenters. The van der Waals surface area contributed by atoms with Gasteiger partial charge in [-0.1, -0.05) is 36.9 Å². The molecule has 1 rings (SSSR count). The molecule has 0 saturated heterocycles. The third-order valence-electron chi connectivity index (χ3n) is 1.99. The molecule has 94 valence electrons. The number of allylic oxidation sites excluding steroid dienone is 1. The Morgan fingerprint density at radius 2 is 1.82 bits per heavy atom. The second-order valence-corrected chi connectivity index (χ2v) is 5.02. The van der Waals surface area contributed by atoms with Crippen molar-refractivity contribution in [2.45, 2.75) is 13.8 Å². The average Bonchev–Trinajstić information content (AvgIpc) is 2.39. The van der Waals surface area contributed by atoms with Gasteiger partial charge in [0.25, 0.3) is 0 Å². The summed E-state index contributed by atoms with van der Waals surface area (Å²) < 4.78 is 38.9. The van der Waals surface area contributed by atoms with Crippen LogP contribution in [0, 0.1) is 0 Å². The monoisotopic (exact) mass is 256 g/mol. The Hall–Kier alpha value is -0.890. The molecule has 4 heteroatoms. The molecule has 0 radical (unpaired) electrons. The van der Waals surface area contributed by atoms with Crippen molar-refractivity contribution in [3.05, 3.63) is 42.5 Å². The van der Waals surface area contributed by atoms with Gasteiger partial charge in [-0.05, 0) is 25.0 Å². The minimum Gasteiger partial charge on any atom is -0.309 e. The predicted octanol–water partition coefficient (Wildman–Crippen LogP) is 3.97. The Morgan fingerprint density at radius 3 is 2.29 bits per heavy atom. The van der Waals surface area contributed by atoms with Gasteiger partial charge in [-0.25, -0.2) is 0 Å². The Labute approximate surface area is 106 Å². The van der Waals surface area contributed by atoms with Crippen molar-refractivity contribution in [3.8, 4) is 0 Å². The first-order chi connectivity index (χ1) is 8.89. The molecule has 0 aliphatic carbocycles. The van der Waals surface area contributed by atoms with E-state index in [0.29, 0.717) is 5.56 Å². The van der Waals surface area contributed by atoms with Crippen LogP contribution in [0.25, 0.3) is 5.57 Å². The summed E-state index contributed by atoms with van der Waals surface area (Å²) in [5.74, 6) is 0. The second-order valence-electron chi connectivity index (χ2n) is 3.29. The zero-order chi connectivity index (χ0) is 14.5. The molecular formula is C13H19O3P.